The molecule has 0 amide bonds. The average molecular weight is 254 g/mol. The number of phenolic OH excluding ortho intramolecular Hbond substituents is 1. The van der Waals surface area contributed by atoms with E-state index in [9.17, 15) is 9.90 Å². The molecule has 0 saturated heterocycles. The van der Waals surface area contributed by atoms with E-state index in [0.717, 1.165) is 5.56 Å². The van der Waals surface area contributed by atoms with E-state index in [1.54, 1.807) is 24.3 Å². The van der Waals surface area contributed by atoms with E-state index < -0.39 is 0 Å². The number of ether oxygens (including phenoxy) is 1. The van der Waals surface area contributed by atoms with Gasteiger partial charge in [-0.25, -0.2) is 0 Å². The van der Waals surface area contributed by atoms with Gasteiger partial charge < -0.3 is 9.84 Å². The maximum Gasteiger partial charge on any atom is 0.194 e. The molecule has 0 aliphatic rings. The number of Topliss-reactive ketones (excluding diaryl/α,β-unsaturated/α-hetero) is 1. The molecule has 0 spiro atoms. The number of hydrogen-bond donors (Lipinski definition) is 1. The lowest BCUT2D eigenvalue weighted by atomic mass is 10.2. The highest BCUT2D eigenvalue weighted by Gasteiger charge is 2.09. The van der Waals surface area contributed by atoms with Crippen LogP contribution in [0.5, 0.6) is 11.5 Å². The van der Waals surface area contributed by atoms with Gasteiger partial charge in [-0.2, -0.15) is 0 Å². The minimum atomic E-state index is -0.202. The number of benzene rings is 2. The monoisotopic (exact) mass is 254 g/mol. The lowest BCUT2D eigenvalue weighted by Gasteiger charge is -2.08. The van der Waals surface area contributed by atoms with Crippen molar-refractivity contribution < 1.29 is 14.6 Å². The van der Waals surface area contributed by atoms with Gasteiger partial charge in [0.1, 0.15) is 0 Å². The first-order chi connectivity index (χ1) is 9.16. The molecule has 2 aromatic rings. The van der Waals surface area contributed by atoms with Gasteiger partial charge in [-0.1, -0.05) is 42.5 Å². The van der Waals surface area contributed by atoms with Gasteiger partial charge in [-0.05, 0) is 23.8 Å². The largest absolute Gasteiger partial charge is 0.504 e. The smallest absolute Gasteiger partial charge is 0.194 e. The molecule has 2 aromatic carbocycles. The minimum absolute atomic E-state index is 0.00251. The van der Waals surface area contributed by atoms with Crippen LogP contribution in [-0.4, -0.2) is 10.9 Å². The summed E-state index contributed by atoms with van der Waals surface area (Å²) < 4.78 is 5.47. The Morgan fingerprint density at radius 2 is 1.68 bits per heavy atom. The molecule has 96 valence electrons. The number of phenols is 1. The molecule has 0 aromatic heterocycles. The first-order valence-electron chi connectivity index (χ1n) is 5.90. The molecule has 0 heterocycles. The van der Waals surface area contributed by atoms with Gasteiger partial charge in [0.05, 0.1) is 0 Å². The van der Waals surface area contributed by atoms with E-state index in [-0.39, 0.29) is 23.0 Å². The predicted octanol–water partition coefficient (Wildman–Crippen LogP) is 3.40. The number of para-hydroxylation sites is 2. The van der Waals surface area contributed by atoms with Crippen LogP contribution in [0.2, 0.25) is 0 Å². The quantitative estimate of drug-likeness (QED) is 0.672. The molecule has 1 N–H and O–H groups in total. The molecule has 0 atom stereocenters. The first-order valence-corrected chi connectivity index (χ1v) is 5.90. The van der Waals surface area contributed by atoms with Gasteiger partial charge >= 0.3 is 0 Å². The Morgan fingerprint density at radius 3 is 2.32 bits per heavy atom. The first kappa shape index (κ1) is 12.9. The van der Waals surface area contributed by atoms with Gasteiger partial charge in [0, 0.05) is 6.92 Å². The van der Waals surface area contributed by atoms with Crippen molar-refractivity contribution in [3.63, 3.8) is 0 Å². The summed E-state index contributed by atoms with van der Waals surface area (Å²) in [4.78, 5) is 11.6. The van der Waals surface area contributed by atoms with Crippen LogP contribution in [0.1, 0.15) is 12.5 Å². The SMILES string of the molecule is CC(=O)C(=Cc1ccccc1)Oc1ccccc1O. The Kier molecular flexibility index (Phi) is 3.98. The van der Waals surface area contributed by atoms with Gasteiger partial charge in [0.25, 0.3) is 0 Å². The van der Waals surface area contributed by atoms with E-state index in [4.69, 9.17) is 4.74 Å². The van der Waals surface area contributed by atoms with Crippen molar-refractivity contribution >= 4 is 11.9 Å². The molecule has 0 fully saturated rings. The number of aromatic hydroxyl groups is 1. The van der Waals surface area contributed by atoms with Crippen LogP contribution in [0.4, 0.5) is 0 Å². The molecule has 0 aliphatic carbocycles. The molecule has 2 rings (SSSR count). The van der Waals surface area contributed by atoms with Crippen LogP contribution in [0, 0.1) is 0 Å². The van der Waals surface area contributed by atoms with E-state index >= 15 is 0 Å². The fraction of sp³-hybridized carbons (Fsp3) is 0.0625. The topological polar surface area (TPSA) is 46.5 Å². The van der Waals surface area contributed by atoms with Crippen LogP contribution < -0.4 is 4.74 Å². The number of allylic oxidation sites excluding steroid dienone is 1. The van der Waals surface area contributed by atoms with E-state index in [1.807, 2.05) is 30.3 Å². The second kappa shape index (κ2) is 5.87. The summed E-state index contributed by atoms with van der Waals surface area (Å²) in [5, 5.41) is 9.64. The number of carbonyl (C=O) groups is 1. The highest BCUT2D eigenvalue weighted by Crippen LogP contribution is 2.27. The molecule has 3 nitrogen and oxygen atoms in total. The Morgan fingerprint density at radius 1 is 1.05 bits per heavy atom. The summed E-state index contributed by atoms with van der Waals surface area (Å²) in [7, 11) is 0. The molecule has 3 heteroatoms. The Balaban J connectivity index is 2.30. The van der Waals surface area contributed by atoms with E-state index in [1.165, 1.54) is 13.0 Å². The second-order valence-corrected chi connectivity index (χ2v) is 4.05. The van der Waals surface area contributed by atoms with Crippen LogP contribution in [-0.2, 0) is 4.79 Å². The van der Waals surface area contributed by atoms with Crippen molar-refractivity contribution in [2.45, 2.75) is 6.92 Å². The van der Waals surface area contributed by atoms with Gasteiger partial charge in [-0.15, -0.1) is 0 Å². The molecular weight excluding hydrogens is 240 g/mol. The summed E-state index contributed by atoms with van der Waals surface area (Å²) in [5.74, 6) is 0.252. The fourth-order valence-electron chi connectivity index (χ4n) is 1.57. The molecule has 0 bridgehead atoms. The van der Waals surface area contributed by atoms with Crippen LogP contribution in [0.15, 0.2) is 60.4 Å². The minimum Gasteiger partial charge on any atom is -0.504 e. The van der Waals surface area contributed by atoms with Crippen LogP contribution >= 0.6 is 0 Å². The predicted molar refractivity (Wildman–Crippen MR) is 73.8 cm³/mol. The zero-order valence-corrected chi connectivity index (χ0v) is 10.5. The van der Waals surface area contributed by atoms with Crippen molar-refractivity contribution in [2.75, 3.05) is 0 Å². The van der Waals surface area contributed by atoms with Crippen molar-refractivity contribution in [1.82, 2.24) is 0 Å². The summed E-state index contributed by atoms with van der Waals surface area (Å²) in [5.41, 5.74) is 0.864. The number of hydrogen-bond acceptors (Lipinski definition) is 3. The fourth-order valence-corrected chi connectivity index (χ4v) is 1.57. The maximum atomic E-state index is 11.6. The number of carbonyl (C=O) groups excluding carboxylic acids is 1. The lowest BCUT2D eigenvalue weighted by Crippen LogP contribution is -2.04. The zero-order valence-electron chi connectivity index (χ0n) is 10.5. The number of ketones is 1. The van der Waals surface area contributed by atoms with Gasteiger partial charge in [0.15, 0.2) is 23.0 Å². The standard InChI is InChI=1S/C16H14O3/c1-12(17)16(11-13-7-3-2-4-8-13)19-15-10-6-5-9-14(15)18/h2-11,18H,1H3. The molecule has 0 unspecified atom stereocenters. The van der Waals surface area contributed by atoms with Crippen molar-refractivity contribution in [1.29, 1.82) is 0 Å². The van der Waals surface area contributed by atoms with Crippen LogP contribution in [0.3, 0.4) is 0 Å². The van der Waals surface area contributed by atoms with Crippen molar-refractivity contribution in [3.8, 4) is 11.5 Å². The Labute approximate surface area is 111 Å². The van der Waals surface area contributed by atoms with Crippen molar-refractivity contribution in [2.24, 2.45) is 0 Å². The third-order valence-electron chi connectivity index (χ3n) is 2.53. The summed E-state index contributed by atoms with van der Waals surface area (Å²) in [6, 6.07) is 15.9. The van der Waals surface area contributed by atoms with E-state index in [0.29, 0.717) is 0 Å². The second-order valence-electron chi connectivity index (χ2n) is 4.05. The summed E-state index contributed by atoms with van der Waals surface area (Å²) >= 11 is 0. The zero-order chi connectivity index (χ0) is 13.7. The van der Waals surface area contributed by atoms with Gasteiger partial charge in [-0.3, -0.25) is 4.79 Å². The lowest BCUT2D eigenvalue weighted by molar-refractivity contribution is -0.115. The normalized spacial score (nSPS) is 11.1. The maximum absolute atomic E-state index is 11.6. The van der Waals surface area contributed by atoms with Gasteiger partial charge in [0.2, 0.25) is 0 Å². The highest BCUT2D eigenvalue weighted by molar-refractivity contribution is 5.96. The summed E-state index contributed by atoms with van der Waals surface area (Å²) in [6.45, 7) is 1.43. The average Bonchev–Trinajstić information content (AvgIpc) is 2.41. The Bertz CT molecular complexity index is 600. The molecule has 0 radical (unpaired) electrons. The highest BCUT2D eigenvalue weighted by atomic mass is 16.5. The summed E-state index contributed by atoms with van der Waals surface area (Å²) in [6.07, 6.45) is 1.65. The molecule has 19 heavy (non-hydrogen) atoms. The van der Waals surface area contributed by atoms with Crippen LogP contribution in [0.25, 0.3) is 6.08 Å². The van der Waals surface area contributed by atoms with E-state index in [2.05, 4.69) is 0 Å². The number of rotatable bonds is 4. The molecule has 0 aliphatic heterocycles. The molecular formula is C16H14O3. The van der Waals surface area contributed by atoms with Crippen molar-refractivity contribution in [3.05, 3.63) is 65.9 Å². The third-order valence-corrected chi connectivity index (χ3v) is 2.53. The Hall–Kier alpha value is -2.55. The molecule has 0 saturated carbocycles. The third kappa shape index (κ3) is 3.45.